The molecule has 2 aromatic carbocycles. The van der Waals surface area contributed by atoms with Gasteiger partial charge < -0.3 is 24.7 Å². The third-order valence-electron chi connectivity index (χ3n) is 6.29. The van der Waals surface area contributed by atoms with Crippen LogP contribution < -0.4 is 14.8 Å². The summed E-state index contributed by atoms with van der Waals surface area (Å²) in [5.41, 5.74) is 3.90. The van der Waals surface area contributed by atoms with Crippen LogP contribution >= 0.6 is 0 Å². The van der Waals surface area contributed by atoms with Crippen LogP contribution in [-0.2, 0) is 4.79 Å². The first-order valence-corrected chi connectivity index (χ1v) is 11.5. The van der Waals surface area contributed by atoms with Crippen molar-refractivity contribution < 1.29 is 19.1 Å². The molecule has 2 amide bonds. The topological polar surface area (TPSA) is 83.7 Å². The van der Waals surface area contributed by atoms with E-state index in [2.05, 4.69) is 28.5 Å². The largest absolute Gasteiger partial charge is 0.497 e. The fraction of sp³-hybridized carbons (Fsp3) is 0.333. The second-order valence-electron chi connectivity index (χ2n) is 8.81. The quantitative estimate of drug-likeness (QED) is 0.551. The smallest absolute Gasteiger partial charge is 0.252 e. The van der Waals surface area contributed by atoms with E-state index in [1.807, 2.05) is 37.1 Å². The van der Waals surface area contributed by atoms with E-state index >= 15 is 0 Å². The number of nitrogens with zero attached hydrogens (tertiary/aromatic N) is 1. The average Bonchev–Trinajstić information content (AvgIpc) is 3.30. The number of rotatable bonds is 7. The van der Waals surface area contributed by atoms with Crippen LogP contribution in [0, 0.1) is 5.92 Å². The van der Waals surface area contributed by atoms with Crippen LogP contribution in [0.1, 0.15) is 36.2 Å². The zero-order valence-corrected chi connectivity index (χ0v) is 20.1. The lowest BCUT2D eigenvalue weighted by atomic mass is 9.97. The van der Waals surface area contributed by atoms with Gasteiger partial charge in [0, 0.05) is 47.4 Å². The molecule has 0 spiro atoms. The molecule has 0 unspecified atom stereocenters. The third-order valence-corrected chi connectivity index (χ3v) is 6.29. The van der Waals surface area contributed by atoms with Gasteiger partial charge in [0.15, 0.2) is 0 Å². The number of carbonyl (C=O) groups excluding carboxylic acids is 2. The van der Waals surface area contributed by atoms with Crippen LogP contribution in [-0.4, -0.2) is 55.0 Å². The molecule has 2 N–H and O–H groups in total. The van der Waals surface area contributed by atoms with Crippen molar-refractivity contribution in [3.63, 3.8) is 0 Å². The molecule has 7 heteroatoms. The van der Waals surface area contributed by atoms with Gasteiger partial charge in [-0.25, -0.2) is 0 Å². The Morgan fingerprint density at radius 2 is 1.76 bits per heavy atom. The lowest BCUT2D eigenvalue weighted by Crippen LogP contribution is -2.52. The summed E-state index contributed by atoms with van der Waals surface area (Å²) in [5.74, 6) is 0.553. The van der Waals surface area contributed by atoms with Crippen molar-refractivity contribution >= 4 is 28.3 Å². The maximum Gasteiger partial charge on any atom is 0.252 e. The minimum atomic E-state index is -0.632. The molecule has 1 aliphatic heterocycles. The molecule has 1 atom stereocenters. The molecule has 34 heavy (non-hydrogen) atoms. The van der Waals surface area contributed by atoms with Crippen molar-refractivity contribution in [3.05, 3.63) is 65.9 Å². The highest BCUT2D eigenvalue weighted by atomic mass is 16.5. The van der Waals surface area contributed by atoms with Crippen LogP contribution in [0.5, 0.6) is 11.5 Å². The summed E-state index contributed by atoms with van der Waals surface area (Å²) in [7, 11) is 3.07. The fourth-order valence-electron chi connectivity index (χ4n) is 4.32. The molecule has 1 aliphatic rings. The highest BCUT2D eigenvalue weighted by Gasteiger charge is 2.30. The molecule has 0 aliphatic carbocycles. The van der Waals surface area contributed by atoms with Crippen LogP contribution in [0.25, 0.3) is 16.5 Å². The number of nitrogens with one attached hydrogen (secondary N) is 2. The molecule has 3 aromatic rings. The van der Waals surface area contributed by atoms with Gasteiger partial charge in [-0.05, 0) is 36.1 Å². The summed E-state index contributed by atoms with van der Waals surface area (Å²) in [6.07, 6.45) is 4.91. The Balaban J connectivity index is 1.48. The molecule has 0 fully saturated rings. The van der Waals surface area contributed by atoms with Crippen molar-refractivity contribution in [1.82, 2.24) is 15.2 Å². The summed E-state index contributed by atoms with van der Waals surface area (Å²) in [5, 5.41) is 4.12. The molecular formula is C27H31N3O4. The number of aromatic nitrogens is 1. The highest BCUT2D eigenvalue weighted by molar-refractivity contribution is 5.98. The van der Waals surface area contributed by atoms with E-state index in [0.29, 0.717) is 30.2 Å². The van der Waals surface area contributed by atoms with E-state index in [-0.39, 0.29) is 17.7 Å². The van der Waals surface area contributed by atoms with E-state index < -0.39 is 6.04 Å². The summed E-state index contributed by atoms with van der Waals surface area (Å²) in [4.78, 5) is 31.5. The minimum Gasteiger partial charge on any atom is -0.497 e. The number of carbonyl (C=O) groups is 2. The van der Waals surface area contributed by atoms with Gasteiger partial charge >= 0.3 is 0 Å². The number of methoxy groups -OCH3 is 2. The number of hydrogen-bond acceptors (Lipinski definition) is 4. The first-order valence-electron chi connectivity index (χ1n) is 11.5. The number of aromatic amines is 1. The number of para-hydroxylation sites is 1. The number of benzene rings is 2. The van der Waals surface area contributed by atoms with Crippen LogP contribution in [0.15, 0.2) is 54.7 Å². The molecule has 4 rings (SSSR count). The molecule has 0 saturated heterocycles. The Labute approximate surface area is 199 Å². The third kappa shape index (κ3) is 4.78. The van der Waals surface area contributed by atoms with Crippen LogP contribution in [0.2, 0.25) is 0 Å². The zero-order valence-electron chi connectivity index (χ0n) is 20.1. The molecule has 0 radical (unpaired) electrons. The van der Waals surface area contributed by atoms with Gasteiger partial charge in [-0.1, -0.05) is 38.1 Å². The summed E-state index contributed by atoms with van der Waals surface area (Å²) < 4.78 is 10.5. The summed E-state index contributed by atoms with van der Waals surface area (Å²) in [6.45, 7) is 4.99. The van der Waals surface area contributed by atoms with Crippen molar-refractivity contribution in [2.24, 2.45) is 5.92 Å². The standard InChI is InChI=1S/C27H31N3O4/c1-17(2)25(29-26(31)19-13-20(33-3)15-21(14-19)34-4)27(32)30-11-9-18(10-12-30)23-16-28-24-8-6-5-7-22(23)24/h5-9,13-17,25,28H,10-12H2,1-4H3,(H,29,31)/t25-/m1/s1. The molecule has 0 bridgehead atoms. The fourth-order valence-corrected chi connectivity index (χ4v) is 4.32. The second kappa shape index (κ2) is 10.0. The van der Waals surface area contributed by atoms with E-state index in [4.69, 9.17) is 9.47 Å². The lowest BCUT2D eigenvalue weighted by molar-refractivity contribution is -0.133. The van der Waals surface area contributed by atoms with Gasteiger partial charge in [0.25, 0.3) is 5.91 Å². The van der Waals surface area contributed by atoms with Gasteiger partial charge in [-0.3, -0.25) is 9.59 Å². The van der Waals surface area contributed by atoms with E-state index in [1.165, 1.54) is 30.7 Å². The SMILES string of the molecule is COc1cc(OC)cc(C(=O)N[C@@H](C(=O)N2CC=C(c3c[nH]c4ccccc34)CC2)C(C)C)c1. The molecule has 7 nitrogen and oxygen atoms in total. The average molecular weight is 462 g/mol. The van der Waals surface area contributed by atoms with Crippen molar-refractivity contribution in [3.8, 4) is 11.5 Å². The molecule has 1 aromatic heterocycles. The predicted molar refractivity (Wildman–Crippen MR) is 133 cm³/mol. The Bertz CT molecular complexity index is 1210. The number of amides is 2. The molecule has 2 heterocycles. The number of fused-ring (bicyclic) bond motifs is 1. The number of hydrogen-bond donors (Lipinski definition) is 2. The summed E-state index contributed by atoms with van der Waals surface area (Å²) >= 11 is 0. The number of ether oxygens (including phenoxy) is 2. The second-order valence-corrected chi connectivity index (χ2v) is 8.81. The van der Waals surface area contributed by atoms with E-state index in [9.17, 15) is 9.59 Å². The van der Waals surface area contributed by atoms with Crippen LogP contribution in [0.4, 0.5) is 0 Å². The van der Waals surface area contributed by atoms with Gasteiger partial charge in [0.2, 0.25) is 5.91 Å². The minimum absolute atomic E-state index is 0.0667. The maximum atomic E-state index is 13.4. The zero-order chi connectivity index (χ0) is 24.2. The molecule has 0 saturated carbocycles. The monoisotopic (exact) mass is 461 g/mol. The van der Waals surface area contributed by atoms with Crippen molar-refractivity contribution in [2.75, 3.05) is 27.3 Å². The molecule has 178 valence electrons. The maximum absolute atomic E-state index is 13.4. The van der Waals surface area contributed by atoms with Gasteiger partial charge in [0.05, 0.1) is 14.2 Å². The Morgan fingerprint density at radius 3 is 2.38 bits per heavy atom. The first kappa shape index (κ1) is 23.4. The normalized spacial score (nSPS) is 14.6. The van der Waals surface area contributed by atoms with Crippen LogP contribution in [0.3, 0.4) is 0 Å². The van der Waals surface area contributed by atoms with Gasteiger partial charge in [0.1, 0.15) is 17.5 Å². The van der Waals surface area contributed by atoms with Gasteiger partial charge in [-0.2, -0.15) is 0 Å². The predicted octanol–water partition coefficient (Wildman–Crippen LogP) is 4.26. The first-order chi connectivity index (χ1) is 16.4. The lowest BCUT2D eigenvalue weighted by Gasteiger charge is -2.32. The summed E-state index contributed by atoms with van der Waals surface area (Å²) in [6, 6.07) is 12.6. The van der Waals surface area contributed by atoms with Gasteiger partial charge in [-0.15, -0.1) is 0 Å². The Morgan fingerprint density at radius 1 is 1.06 bits per heavy atom. The van der Waals surface area contributed by atoms with Crippen molar-refractivity contribution in [2.45, 2.75) is 26.3 Å². The molecular weight excluding hydrogens is 430 g/mol. The van der Waals surface area contributed by atoms with E-state index in [0.717, 1.165) is 11.9 Å². The highest BCUT2D eigenvalue weighted by Crippen LogP contribution is 2.29. The van der Waals surface area contributed by atoms with Crippen molar-refractivity contribution in [1.29, 1.82) is 0 Å². The Kier molecular flexibility index (Phi) is 6.91. The Hall–Kier alpha value is -3.74. The number of H-pyrrole nitrogens is 1. The van der Waals surface area contributed by atoms with E-state index in [1.54, 1.807) is 18.2 Å².